The SMILES string of the molecule is CCCC(=O)NC(C)(CF)c1ccccc1. The van der Waals surface area contributed by atoms with Crippen LogP contribution in [0, 0.1) is 0 Å². The smallest absolute Gasteiger partial charge is 0.220 e. The van der Waals surface area contributed by atoms with Crippen LogP contribution in [0.1, 0.15) is 32.3 Å². The summed E-state index contributed by atoms with van der Waals surface area (Å²) in [7, 11) is 0. The molecule has 2 nitrogen and oxygen atoms in total. The molecule has 1 aromatic rings. The van der Waals surface area contributed by atoms with Crippen LogP contribution in [0.5, 0.6) is 0 Å². The summed E-state index contributed by atoms with van der Waals surface area (Å²) in [5.74, 6) is -0.105. The van der Waals surface area contributed by atoms with Gasteiger partial charge in [-0.3, -0.25) is 4.79 Å². The molecule has 0 saturated carbocycles. The van der Waals surface area contributed by atoms with E-state index < -0.39 is 12.2 Å². The number of carbonyl (C=O) groups excluding carboxylic acids is 1. The van der Waals surface area contributed by atoms with Crippen molar-refractivity contribution in [3.8, 4) is 0 Å². The summed E-state index contributed by atoms with van der Waals surface area (Å²) in [5, 5.41) is 2.75. The molecular formula is C13H18FNO. The van der Waals surface area contributed by atoms with Crippen LogP contribution >= 0.6 is 0 Å². The number of nitrogens with one attached hydrogen (secondary N) is 1. The molecule has 0 aliphatic carbocycles. The molecule has 0 fully saturated rings. The van der Waals surface area contributed by atoms with E-state index in [1.54, 1.807) is 6.92 Å². The molecule has 16 heavy (non-hydrogen) atoms. The normalized spacial score (nSPS) is 14.2. The van der Waals surface area contributed by atoms with Crippen LogP contribution in [0.4, 0.5) is 4.39 Å². The lowest BCUT2D eigenvalue weighted by Gasteiger charge is -2.28. The number of alkyl halides is 1. The van der Waals surface area contributed by atoms with Gasteiger partial charge in [0.25, 0.3) is 0 Å². The molecule has 1 rings (SSSR count). The summed E-state index contributed by atoms with van der Waals surface area (Å²) in [5.41, 5.74) is -0.116. The number of hydrogen-bond donors (Lipinski definition) is 1. The number of rotatable bonds is 5. The van der Waals surface area contributed by atoms with Crippen molar-refractivity contribution >= 4 is 5.91 Å². The van der Waals surface area contributed by atoms with Gasteiger partial charge in [-0.05, 0) is 18.9 Å². The van der Waals surface area contributed by atoms with Crippen LogP contribution < -0.4 is 5.32 Å². The van der Waals surface area contributed by atoms with E-state index >= 15 is 0 Å². The van der Waals surface area contributed by atoms with Crippen molar-refractivity contribution in [3.05, 3.63) is 35.9 Å². The lowest BCUT2D eigenvalue weighted by Crippen LogP contribution is -2.45. The molecule has 1 unspecified atom stereocenters. The highest BCUT2D eigenvalue weighted by Gasteiger charge is 2.27. The molecule has 1 N–H and O–H groups in total. The van der Waals surface area contributed by atoms with Gasteiger partial charge in [-0.25, -0.2) is 4.39 Å². The summed E-state index contributed by atoms with van der Waals surface area (Å²) in [4.78, 5) is 11.5. The minimum Gasteiger partial charge on any atom is -0.344 e. The molecule has 0 spiro atoms. The topological polar surface area (TPSA) is 29.1 Å². The zero-order valence-corrected chi connectivity index (χ0v) is 9.79. The summed E-state index contributed by atoms with van der Waals surface area (Å²) in [6.07, 6.45) is 1.20. The van der Waals surface area contributed by atoms with Gasteiger partial charge in [-0.1, -0.05) is 37.3 Å². The predicted molar refractivity (Wildman–Crippen MR) is 62.8 cm³/mol. The van der Waals surface area contributed by atoms with Crippen LogP contribution in [0.15, 0.2) is 30.3 Å². The van der Waals surface area contributed by atoms with Gasteiger partial charge in [0.15, 0.2) is 0 Å². The van der Waals surface area contributed by atoms with Crippen molar-refractivity contribution in [2.75, 3.05) is 6.67 Å². The van der Waals surface area contributed by atoms with E-state index in [0.29, 0.717) is 6.42 Å². The monoisotopic (exact) mass is 223 g/mol. The van der Waals surface area contributed by atoms with Crippen LogP contribution in [0.25, 0.3) is 0 Å². The Morgan fingerprint density at radius 3 is 2.50 bits per heavy atom. The zero-order chi connectivity index (χ0) is 12.0. The summed E-state index contributed by atoms with van der Waals surface area (Å²) in [6.45, 7) is 3.03. The maximum absolute atomic E-state index is 13.1. The minimum atomic E-state index is -0.909. The van der Waals surface area contributed by atoms with Crippen LogP contribution in [0.2, 0.25) is 0 Å². The van der Waals surface area contributed by atoms with E-state index in [1.807, 2.05) is 37.3 Å². The van der Waals surface area contributed by atoms with Crippen molar-refractivity contribution < 1.29 is 9.18 Å². The molecule has 0 heterocycles. The third kappa shape index (κ3) is 3.05. The number of benzene rings is 1. The van der Waals surface area contributed by atoms with Crippen molar-refractivity contribution in [1.82, 2.24) is 5.32 Å². The third-order valence-electron chi connectivity index (χ3n) is 2.57. The van der Waals surface area contributed by atoms with Gasteiger partial charge in [0, 0.05) is 6.42 Å². The number of halogens is 1. The first kappa shape index (κ1) is 12.7. The Morgan fingerprint density at radius 1 is 1.38 bits per heavy atom. The van der Waals surface area contributed by atoms with Crippen molar-refractivity contribution in [3.63, 3.8) is 0 Å². The van der Waals surface area contributed by atoms with Crippen molar-refractivity contribution in [2.45, 2.75) is 32.2 Å². The average molecular weight is 223 g/mol. The Morgan fingerprint density at radius 2 is 2.00 bits per heavy atom. The Bertz CT molecular complexity index is 339. The molecule has 0 saturated heterocycles. The van der Waals surface area contributed by atoms with Crippen molar-refractivity contribution in [1.29, 1.82) is 0 Å². The predicted octanol–water partition coefficient (Wildman–Crippen LogP) is 2.79. The highest BCUT2D eigenvalue weighted by atomic mass is 19.1. The van der Waals surface area contributed by atoms with Gasteiger partial charge < -0.3 is 5.32 Å². The van der Waals surface area contributed by atoms with Crippen LogP contribution in [-0.4, -0.2) is 12.6 Å². The van der Waals surface area contributed by atoms with Gasteiger partial charge >= 0.3 is 0 Å². The van der Waals surface area contributed by atoms with Crippen LogP contribution in [0.3, 0.4) is 0 Å². The Balaban J connectivity index is 2.82. The Hall–Kier alpha value is -1.38. The maximum Gasteiger partial charge on any atom is 0.220 e. The van der Waals surface area contributed by atoms with E-state index in [1.165, 1.54) is 0 Å². The van der Waals surface area contributed by atoms with Crippen molar-refractivity contribution in [2.24, 2.45) is 0 Å². The highest BCUT2D eigenvalue weighted by molar-refractivity contribution is 5.76. The fraction of sp³-hybridized carbons (Fsp3) is 0.462. The second kappa shape index (κ2) is 5.64. The van der Waals surface area contributed by atoms with Gasteiger partial charge in [0.1, 0.15) is 6.67 Å². The minimum absolute atomic E-state index is 0.105. The standard InChI is InChI=1S/C13H18FNO/c1-3-7-12(16)15-13(2,10-14)11-8-5-4-6-9-11/h4-6,8-9H,3,7,10H2,1-2H3,(H,15,16). The van der Waals surface area contributed by atoms with Crippen LogP contribution in [-0.2, 0) is 10.3 Å². The van der Waals surface area contributed by atoms with E-state index in [-0.39, 0.29) is 5.91 Å². The third-order valence-corrected chi connectivity index (χ3v) is 2.57. The van der Waals surface area contributed by atoms with Gasteiger partial charge in [0.05, 0.1) is 5.54 Å². The first-order chi connectivity index (χ1) is 7.62. The van der Waals surface area contributed by atoms with E-state index in [0.717, 1.165) is 12.0 Å². The molecule has 0 bridgehead atoms. The second-order valence-corrected chi connectivity index (χ2v) is 4.13. The fourth-order valence-corrected chi connectivity index (χ4v) is 1.59. The molecule has 0 aromatic heterocycles. The first-order valence-corrected chi connectivity index (χ1v) is 5.55. The summed E-state index contributed by atoms with van der Waals surface area (Å²) >= 11 is 0. The highest BCUT2D eigenvalue weighted by Crippen LogP contribution is 2.21. The van der Waals surface area contributed by atoms with Gasteiger partial charge in [-0.2, -0.15) is 0 Å². The van der Waals surface area contributed by atoms with E-state index in [4.69, 9.17) is 0 Å². The summed E-state index contributed by atoms with van der Waals surface area (Å²) in [6, 6.07) is 9.21. The number of hydrogen-bond acceptors (Lipinski definition) is 1. The van der Waals surface area contributed by atoms with Gasteiger partial charge in [-0.15, -0.1) is 0 Å². The first-order valence-electron chi connectivity index (χ1n) is 5.55. The molecule has 88 valence electrons. The quantitative estimate of drug-likeness (QED) is 0.817. The molecule has 3 heteroatoms. The van der Waals surface area contributed by atoms with E-state index in [9.17, 15) is 9.18 Å². The van der Waals surface area contributed by atoms with Gasteiger partial charge in [0.2, 0.25) is 5.91 Å². The number of amides is 1. The molecule has 1 aromatic carbocycles. The molecule has 1 amide bonds. The molecule has 0 aliphatic heterocycles. The number of carbonyl (C=O) groups is 1. The fourth-order valence-electron chi connectivity index (χ4n) is 1.59. The second-order valence-electron chi connectivity index (χ2n) is 4.13. The molecule has 1 atom stereocenters. The molecular weight excluding hydrogens is 205 g/mol. The van der Waals surface area contributed by atoms with E-state index in [2.05, 4.69) is 5.32 Å². The maximum atomic E-state index is 13.1. The average Bonchev–Trinajstić information content (AvgIpc) is 2.30. The lowest BCUT2D eigenvalue weighted by atomic mass is 9.93. The Kier molecular flexibility index (Phi) is 4.47. The zero-order valence-electron chi connectivity index (χ0n) is 9.79. The molecule has 0 aliphatic rings. The largest absolute Gasteiger partial charge is 0.344 e. The lowest BCUT2D eigenvalue weighted by molar-refractivity contribution is -0.123. The summed E-state index contributed by atoms with van der Waals surface area (Å²) < 4.78 is 13.1. The molecule has 0 radical (unpaired) electrons. The Labute approximate surface area is 95.9 Å².